The molecule has 0 saturated carbocycles. The summed E-state index contributed by atoms with van der Waals surface area (Å²) in [6, 6.07) is 7.56. The van der Waals surface area contributed by atoms with Crippen molar-refractivity contribution in [2.75, 3.05) is 5.32 Å². The second-order valence-corrected chi connectivity index (χ2v) is 4.73. The summed E-state index contributed by atoms with van der Waals surface area (Å²) in [5, 5.41) is 11.5. The van der Waals surface area contributed by atoms with Crippen molar-refractivity contribution in [1.82, 2.24) is 0 Å². The summed E-state index contributed by atoms with van der Waals surface area (Å²) in [4.78, 5) is 22.4. The number of hydrogen-bond donors (Lipinski definition) is 2. The minimum absolute atomic E-state index is 0.0121. The highest BCUT2D eigenvalue weighted by Gasteiger charge is 2.16. The number of carboxylic acid groups (broad SMARTS) is 1. The summed E-state index contributed by atoms with van der Waals surface area (Å²) in [5.41, 5.74) is 1.81. The van der Waals surface area contributed by atoms with Crippen LogP contribution in [0.2, 0.25) is 0 Å². The average molecular weight is 249 g/mol. The van der Waals surface area contributed by atoms with Crippen molar-refractivity contribution >= 4 is 17.6 Å². The molecule has 0 spiro atoms. The highest BCUT2D eigenvalue weighted by Crippen LogP contribution is 2.23. The van der Waals surface area contributed by atoms with E-state index in [1.54, 1.807) is 0 Å². The van der Waals surface area contributed by atoms with Crippen molar-refractivity contribution in [3.8, 4) is 0 Å². The molecule has 98 valence electrons. The van der Waals surface area contributed by atoms with E-state index in [1.165, 1.54) is 6.92 Å². The number of amides is 1. The maximum atomic E-state index is 11.7. The van der Waals surface area contributed by atoms with Gasteiger partial charge in [-0.3, -0.25) is 9.59 Å². The van der Waals surface area contributed by atoms with Crippen LogP contribution in [0.1, 0.15) is 38.7 Å². The lowest BCUT2D eigenvalue weighted by Gasteiger charge is -2.14. The zero-order chi connectivity index (χ0) is 13.7. The van der Waals surface area contributed by atoms with Gasteiger partial charge in [0.15, 0.2) is 0 Å². The maximum absolute atomic E-state index is 11.7. The molecule has 0 radical (unpaired) electrons. The van der Waals surface area contributed by atoms with E-state index < -0.39 is 11.9 Å². The van der Waals surface area contributed by atoms with Crippen LogP contribution in [0.4, 0.5) is 5.69 Å². The lowest BCUT2D eigenvalue weighted by atomic mass is 10.0. The van der Waals surface area contributed by atoms with Crippen LogP contribution in [0.5, 0.6) is 0 Å². The van der Waals surface area contributed by atoms with Gasteiger partial charge in [-0.05, 0) is 17.5 Å². The summed E-state index contributed by atoms with van der Waals surface area (Å²) >= 11 is 0. The monoisotopic (exact) mass is 249 g/mol. The zero-order valence-electron chi connectivity index (χ0n) is 10.9. The molecule has 4 nitrogen and oxygen atoms in total. The van der Waals surface area contributed by atoms with Gasteiger partial charge in [0.05, 0.1) is 5.92 Å². The lowest BCUT2D eigenvalue weighted by Crippen LogP contribution is -2.20. The van der Waals surface area contributed by atoms with Crippen LogP contribution in [0, 0.1) is 5.92 Å². The number of aliphatic carboxylic acids is 1. The molecule has 1 aromatic rings. The van der Waals surface area contributed by atoms with Crippen molar-refractivity contribution in [3.63, 3.8) is 0 Å². The van der Waals surface area contributed by atoms with E-state index in [1.807, 2.05) is 38.1 Å². The number of carbonyl (C=O) groups is 2. The Morgan fingerprint density at radius 3 is 2.39 bits per heavy atom. The van der Waals surface area contributed by atoms with Gasteiger partial charge in [0.25, 0.3) is 0 Å². The third-order valence-corrected chi connectivity index (χ3v) is 2.77. The summed E-state index contributed by atoms with van der Waals surface area (Å²) in [6.07, 6.45) is -0.0121. The molecule has 0 aliphatic rings. The number of para-hydroxylation sites is 1. The van der Waals surface area contributed by atoms with Crippen LogP contribution < -0.4 is 5.32 Å². The zero-order valence-corrected chi connectivity index (χ0v) is 10.9. The third kappa shape index (κ3) is 3.87. The predicted molar refractivity (Wildman–Crippen MR) is 70.6 cm³/mol. The van der Waals surface area contributed by atoms with E-state index in [0.717, 1.165) is 11.3 Å². The van der Waals surface area contributed by atoms with Crippen molar-refractivity contribution < 1.29 is 14.7 Å². The molecule has 0 heterocycles. The molecule has 1 atom stereocenters. The highest BCUT2D eigenvalue weighted by atomic mass is 16.4. The van der Waals surface area contributed by atoms with E-state index >= 15 is 0 Å². The maximum Gasteiger partial charge on any atom is 0.306 e. The fourth-order valence-corrected chi connectivity index (χ4v) is 1.68. The molecule has 0 aliphatic heterocycles. The summed E-state index contributed by atoms with van der Waals surface area (Å²) in [6.45, 7) is 5.62. The Labute approximate surface area is 107 Å². The van der Waals surface area contributed by atoms with Crippen LogP contribution in [0.3, 0.4) is 0 Å². The average Bonchev–Trinajstić information content (AvgIpc) is 2.28. The van der Waals surface area contributed by atoms with E-state index in [9.17, 15) is 9.59 Å². The summed E-state index contributed by atoms with van der Waals surface area (Å²) in [5.74, 6) is -1.59. The molecular formula is C14H19NO3. The largest absolute Gasteiger partial charge is 0.481 e. The van der Waals surface area contributed by atoms with Gasteiger partial charge in [-0.25, -0.2) is 0 Å². The van der Waals surface area contributed by atoms with Gasteiger partial charge in [0.1, 0.15) is 0 Å². The number of carbonyl (C=O) groups excluding carboxylic acids is 1. The molecule has 0 fully saturated rings. The molecule has 1 aromatic carbocycles. The fraction of sp³-hybridized carbons (Fsp3) is 0.429. The summed E-state index contributed by atoms with van der Waals surface area (Å²) < 4.78 is 0. The number of nitrogens with one attached hydrogen (secondary N) is 1. The van der Waals surface area contributed by atoms with Crippen molar-refractivity contribution in [3.05, 3.63) is 29.8 Å². The van der Waals surface area contributed by atoms with Crippen LogP contribution in [-0.2, 0) is 9.59 Å². The molecule has 0 bridgehead atoms. The quantitative estimate of drug-likeness (QED) is 0.843. The standard InChI is InChI=1S/C14H19NO3/c1-9(2)11-6-4-5-7-12(11)15-13(16)8-10(3)14(17)18/h4-7,9-10H,8H2,1-3H3,(H,15,16)(H,17,18). The lowest BCUT2D eigenvalue weighted by molar-refractivity contribution is -0.142. The second-order valence-electron chi connectivity index (χ2n) is 4.73. The summed E-state index contributed by atoms with van der Waals surface area (Å²) in [7, 11) is 0. The van der Waals surface area contributed by atoms with Gasteiger partial charge in [-0.1, -0.05) is 39.0 Å². The second kappa shape index (κ2) is 6.19. The molecule has 1 amide bonds. The Bertz CT molecular complexity index is 440. The van der Waals surface area contributed by atoms with E-state index in [2.05, 4.69) is 5.32 Å². The fourth-order valence-electron chi connectivity index (χ4n) is 1.68. The minimum atomic E-state index is -0.956. The molecule has 0 saturated heterocycles. The smallest absolute Gasteiger partial charge is 0.306 e. The number of rotatable bonds is 5. The SMILES string of the molecule is CC(CC(=O)Nc1ccccc1C(C)C)C(=O)O. The molecule has 0 aliphatic carbocycles. The third-order valence-electron chi connectivity index (χ3n) is 2.77. The number of carboxylic acids is 1. The van der Waals surface area contributed by atoms with Crippen molar-refractivity contribution in [2.45, 2.75) is 33.1 Å². The molecule has 1 unspecified atom stereocenters. The Kier molecular flexibility index (Phi) is 4.89. The Morgan fingerprint density at radius 1 is 1.22 bits per heavy atom. The Balaban J connectivity index is 2.73. The van der Waals surface area contributed by atoms with Crippen LogP contribution in [0.25, 0.3) is 0 Å². The predicted octanol–water partition coefficient (Wildman–Crippen LogP) is 2.86. The van der Waals surface area contributed by atoms with Crippen molar-refractivity contribution in [1.29, 1.82) is 0 Å². The van der Waals surface area contributed by atoms with Crippen LogP contribution in [-0.4, -0.2) is 17.0 Å². The van der Waals surface area contributed by atoms with Gasteiger partial charge in [-0.15, -0.1) is 0 Å². The highest BCUT2D eigenvalue weighted by molar-refractivity contribution is 5.93. The first-order valence-electron chi connectivity index (χ1n) is 6.03. The first-order chi connectivity index (χ1) is 8.41. The molecule has 2 N–H and O–H groups in total. The topological polar surface area (TPSA) is 66.4 Å². The van der Waals surface area contributed by atoms with E-state index in [0.29, 0.717) is 5.92 Å². The first kappa shape index (κ1) is 14.2. The number of hydrogen-bond acceptors (Lipinski definition) is 2. The molecule has 1 rings (SSSR count). The molecule has 0 aromatic heterocycles. The van der Waals surface area contributed by atoms with Gasteiger partial charge >= 0.3 is 5.97 Å². The van der Waals surface area contributed by atoms with E-state index in [4.69, 9.17) is 5.11 Å². The van der Waals surface area contributed by atoms with Crippen LogP contribution >= 0.6 is 0 Å². The number of benzene rings is 1. The van der Waals surface area contributed by atoms with Gasteiger partial charge in [-0.2, -0.15) is 0 Å². The van der Waals surface area contributed by atoms with Gasteiger partial charge in [0.2, 0.25) is 5.91 Å². The Hall–Kier alpha value is -1.84. The van der Waals surface area contributed by atoms with Gasteiger partial charge in [0, 0.05) is 12.1 Å². The van der Waals surface area contributed by atoms with Gasteiger partial charge < -0.3 is 10.4 Å². The van der Waals surface area contributed by atoms with Crippen molar-refractivity contribution in [2.24, 2.45) is 5.92 Å². The molecular weight excluding hydrogens is 230 g/mol. The minimum Gasteiger partial charge on any atom is -0.481 e. The van der Waals surface area contributed by atoms with E-state index in [-0.39, 0.29) is 12.3 Å². The normalized spacial score (nSPS) is 12.2. The Morgan fingerprint density at radius 2 is 1.83 bits per heavy atom. The molecule has 4 heteroatoms. The van der Waals surface area contributed by atoms with Crippen LogP contribution in [0.15, 0.2) is 24.3 Å². The number of anilines is 1. The first-order valence-corrected chi connectivity index (χ1v) is 6.03. The molecule has 18 heavy (non-hydrogen) atoms.